The van der Waals surface area contributed by atoms with Gasteiger partial charge in [0.05, 0.1) is 0 Å². The number of rotatable bonds is 8. The molecule has 0 saturated heterocycles. The summed E-state index contributed by atoms with van der Waals surface area (Å²) in [5.41, 5.74) is -0.777. The summed E-state index contributed by atoms with van der Waals surface area (Å²) in [6, 6.07) is 0. The minimum Gasteiger partial charge on any atom is -0.444 e. The molecule has 0 unspecified atom stereocenters. The molecule has 0 bridgehead atoms. The monoisotopic (exact) mass is 288 g/mol. The molecule has 0 radical (unpaired) electrons. The van der Waals surface area contributed by atoms with Gasteiger partial charge in [-0.05, 0) is 54.0 Å². The molecule has 0 aliphatic heterocycles. The summed E-state index contributed by atoms with van der Waals surface area (Å²) in [7, 11) is 1.68. The van der Waals surface area contributed by atoms with E-state index in [9.17, 15) is 4.79 Å². The van der Waals surface area contributed by atoms with Gasteiger partial charge in [-0.15, -0.1) is 0 Å². The van der Waals surface area contributed by atoms with Crippen LogP contribution in [0.2, 0.25) is 0 Å². The van der Waals surface area contributed by atoms with Crippen LogP contribution in [0.15, 0.2) is 0 Å². The Bertz CT molecular complexity index is 285. The zero-order valence-electron chi connectivity index (χ0n) is 14.2. The van der Waals surface area contributed by atoms with Crippen molar-refractivity contribution in [2.75, 3.05) is 26.7 Å². The number of hydrogen-bond acceptors (Lipinski definition) is 4. The molecule has 0 aliphatic rings. The van der Waals surface area contributed by atoms with Gasteiger partial charge in [-0.3, -0.25) is 5.32 Å². The van der Waals surface area contributed by atoms with Crippen LogP contribution < -0.4 is 5.32 Å². The minimum atomic E-state index is -0.445. The second kappa shape index (κ2) is 8.47. The molecule has 0 fully saturated rings. The van der Waals surface area contributed by atoms with E-state index in [-0.39, 0.29) is 11.8 Å². The summed E-state index contributed by atoms with van der Waals surface area (Å²) >= 11 is 0. The molecular weight excluding hydrogens is 256 g/mol. The van der Waals surface area contributed by atoms with Crippen LogP contribution >= 0.6 is 0 Å². The van der Waals surface area contributed by atoms with E-state index >= 15 is 0 Å². The smallest absolute Gasteiger partial charge is 0.410 e. The van der Waals surface area contributed by atoms with Crippen LogP contribution in [0.5, 0.6) is 0 Å². The third kappa shape index (κ3) is 9.15. The lowest BCUT2D eigenvalue weighted by Gasteiger charge is -2.28. The van der Waals surface area contributed by atoms with Gasteiger partial charge >= 0.3 is 6.09 Å². The van der Waals surface area contributed by atoms with Gasteiger partial charge in [0.15, 0.2) is 0 Å². The Labute approximate surface area is 124 Å². The fourth-order valence-corrected chi connectivity index (χ4v) is 1.62. The average Bonchev–Trinajstić information content (AvgIpc) is 2.31. The fourth-order valence-electron chi connectivity index (χ4n) is 1.62. The normalized spacial score (nSPS) is 12.3. The highest BCUT2D eigenvalue weighted by atomic mass is 16.6. The van der Waals surface area contributed by atoms with Gasteiger partial charge in [-0.2, -0.15) is 0 Å². The molecule has 0 aromatic heterocycles. The Morgan fingerprint density at radius 3 is 2.20 bits per heavy atom. The van der Waals surface area contributed by atoms with Crippen LogP contribution in [0, 0.1) is 0 Å². The third-order valence-electron chi connectivity index (χ3n) is 2.81. The van der Waals surface area contributed by atoms with Crippen molar-refractivity contribution in [1.82, 2.24) is 10.2 Å². The highest BCUT2D eigenvalue weighted by molar-refractivity contribution is 5.68. The maximum absolute atomic E-state index is 12.1. The van der Waals surface area contributed by atoms with E-state index in [1.165, 1.54) is 0 Å². The topological polar surface area (TPSA) is 50.8 Å². The molecule has 0 rings (SSSR count). The van der Waals surface area contributed by atoms with Crippen molar-refractivity contribution in [2.45, 2.75) is 65.7 Å². The summed E-state index contributed by atoms with van der Waals surface area (Å²) in [4.78, 5) is 13.8. The molecule has 0 aromatic carbocycles. The number of ether oxygens (including phenoxy) is 2. The SMILES string of the molecule is CCCN(CCCNC(C)(C)OC)C(=O)OC(C)(C)C. The maximum Gasteiger partial charge on any atom is 0.410 e. The summed E-state index contributed by atoms with van der Waals surface area (Å²) in [6.07, 6.45) is 1.56. The Hall–Kier alpha value is -0.810. The Morgan fingerprint density at radius 2 is 1.75 bits per heavy atom. The lowest BCUT2D eigenvalue weighted by atomic mass is 10.2. The molecule has 120 valence electrons. The van der Waals surface area contributed by atoms with Crippen molar-refractivity contribution in [2.24, 2.45) is 0 Å². The lowest BCUT2D eigenvalue weighted by Crippen LogP contribution is -2.43. The van der Waals surface area contributed by atoms with Crippen molar-refractivity contribution < 1.29 is 14.3 Å². The third-order valence-corrected chi connectivity index (χ3v) is 2.81. The van der Waals surface area contributed by atoms with E-state index < -0.39 is 5.60 Å². The van der Waals surface area contributed by atoms with Gasteiger partial charge in [-0.25, -0.2) is 4.79 Å². The molecule has 0 heterocycles. The van der Waals surface area contributed by atoms with Crippen LogP contribution in [0.4, 0.5) is 4.79 Å². The number of nitrogens with one attached hydrogen (secondary N) is 1. The van der Waals surface area contributed by atoms with Gasteiger partial charge in [0, 0.05) is 20.2 Å². The molecule has 5 heteroatoms. The number of amides is 1. The van der Waals surface area contributed by atoms with Crippen LogP contribution in [0.1, 0.15) is 54.4 Å². The maximum atomic E-state index is 12.1. The number of carbonyl (C=O) groups excluding carboxylic acids is 1. The fraction of sp³-hybridized carbons (Fsp3) is 0.933. The first-order valence-electron chi connectivity index (χ1n) is 7.39. The molecule has 0 saturated carbocycles. The number of nitrogens with zero attached hydrogens (tertiary/aromatic N) is 1. The highest BCUT2D eigenvalue weighted by Gasteiger charge is 2.21. The van der Waals surface area contributed by atoms with E-state index in [1.54, 1.807) is 12.0 Å². The van der Waals surface area contributed by atoms with Gasteiger partial charge in [0.25, 0.3) is 0 Å². The predicted molar refractivity (Wildman–Crippen MR) is 81.8 cm³/mol. The number of hydrogen-bond donors (Lipinski definition) is 1. The Balaban J connectivity index is 4.18. The largest absolute Gasteiger partial charge is 0.444 e. The van der Waals surface area contributed by atoms with Gasteiger partial charge < -0.3 is 14.4 Å². The van der Waals surface area contributed by atoms with Gasteiger partial charge in [0.2, 0.25) is 0 Å². The summed E-state index contributed by atoms with van der Waals surface area (Å²) < 4.78 is 10.7. The molecule has 20 heavy (non-hydrogen) atoms. The van der Waals surface area contributed by atoms with Crippen molar-refractivity contribution >= 4 is 6.09 Å². The van der Waals surface area contributed by atoms with E-state index in [0.29, 0.717) is 6.54 Å². The first-order valence-corrected chi connectivity index (χ1v) is 7.39. The molecule has 0 spiro atoms. The first-order chi connectivity index (χ1) is 9.11. The molecule has 1 amide bonds. The molecular formula is C15H32N2O3. The number of carbonyl (C=O) groups is 1. The molecule has 1 N–H and O–H groups in total. The van der Waals surface area contributed by atoms with Crippen molar-refractivity contribution in [3.05, 3.63) is 0 Å². The van der Waals surface area contributed by atoms with Crippen LogP contribution in [0.25, 0.3) is 0 Å². The molecule has 5 nitrogen and oxygen atoms in total. The minimum absolute atomic E-state index is 0.231. The van der Waals surface area contributed by atoms with Gasteiger partial charge in [-0.1, -0.05) is 6.92 Å². The second-order valence-corrected chi connectivity index (χ2v) is 6.46. The first kappa shape index (κ1) is 19.2. The number of methoxy groups -OCH3 is 1. The molecule has 0 atom stereocenters. The van der Waals surface area contributed by atoms with Crippen LogP contribution in [0.3, 0.4) is 0 Å². The molecule has 0 aromatic rings. The zero-order chi connectivity index (χ0) is 15.8. The van der Waals surface area contributed by atoms with Crippen LogP contribution in [-0.4, -0.2) is 49.1 Å². The summed E-state index contributed by atoms with van der Waals surface area (Å²) in [5, 5.41) is 3.29. The van der Waals surface area contributed by atoms with Crippen molar-refractivity contribution in [3.63, 3.8) is 0 Å². The van der Waals surface area contributed by atoms with E-state index in [0.717, 1.165) is 25.9 Å². The van der Waals surface area contributed by atoms with Crippen molar-refractivity contribution in [1.29, 1.82) is 0 Å². The molecule has 0 aliphatic carbocycles. The zero-order valence-corrected chi connectivity index (χ0v) is 14.2. The van der Waals surface area contributed by atoms with Crippen molar-refractivity contribution in [3.8, 4) is 0 Å². The Kier molecular flexibility index (Phi) is 8.13. The average molecular weight is 288 g/mol. The summed E-state index contributed by atoms with van der Waals surface area (Å²) in [5.74, 6) is 0. The standard InChI is InChI=1S/C15H32N2O3/c1-8-11-17(13(18)20-14(2,3)4)12-9-10-16-15(5,6)19-7/h16H,8-12H2,1-7H3. The summed E-state index contributed by atoms with van der Waals surface area (Å²) in [6.45, 7) is 13.9. The van der Waals surface area contributed by atoms with E-state index in [2.05, 4.69) is 12.2 Å². The quantitative estimate of drug-likeness (QED) is 0.551. The second-order valence-electron chi connectivity index (χ2n) is 6.46. The predicted octanol–water partition coefficient (Wildman–Crippen LogP) is 3.00. The van der Waals surface area contributed by atoms with E-state index in [4.69, 9.17) is 9.47 Å². The lowest BCUT2D eigenvalue weighted by molar-refractivity contribution is -0.00777. The van der Waals surface area contributed by atoms with Gasteiger partial charge in [0.1, 0.15) is 11.3 Å². The van der Waals surface area contributed by atoms with Crippen LogP contribution in [-0.2, 0) is 9.47 Å². The Morgan fingerprint density at radius 1 is 1.15 bits per heavy atom. The van der Waals surface area contributed by atoms with E-state index in [1.807, 2.05) is 34.6 Å². The highest BCUT2D eigenvalue weighted by Crippen LogP contribution is 2.10.